The number of hydrogen-bond donors (Lipinski definition) is 2. The number of amides is 1. The van der Waals surface area contributed by atoms with Crippen molar-refractivity contribution >= 4 is 11.6 Å². The predicted octanol–water partition coefficient (Wildman–Crippen LogP) is 2.63. The molecule has 0 saturated carbocycles. The van der Waals surface area contributed by atoms with Gasteiger partial charge in [0.05, 0.1) is 20.3 Å². The molecule has 0 spiro atoms. The molecule has 1 aromatic carbocycles. The lowest BCUT2D eigenvalue weighted by Crippen LogP contribution is -2.46. The first-order chi connectivity index (χ1) is 12.6. The van der Waals surface area contributed by atoms with Crippen LogP contribution in [0.15, 0.2) is 30.6 Å². The van der Waals surface area contributed by atoms with Crippen molar-refractivity contribution in [2.75, 3.05) is 32.6 Å². The zero-order valence-corrected chi connectivity index (χ0v) is 15.5. The van der Waals surface area contributed by atoms with Crippen molar-refractivity contribution in [2.45, 2.75) is 31.7 Å². The fourth-order valence-electron chi connectivity index (χ4n) is 3.41. The van der Waals surface area contributed by atoms with E-state index < -0.39 is 0 Å². The third-order valence-electron chi connectivity index (χ3n) is 4.94. The fourth-order valence-corrected chi connectivity index (χ4v) is 3.41. The minimum Gasteiger partial charge on any atom is -0.493 e. The van der Waals surface area contributed by atoms with Crippen LogP contribution in [0.2, 0.25) is 0 Å². The molecular weight excluding hydrogens is 332 g/mol. The zero-order chi connectivity index (χ0) is 18.5. The number of rotatable bonds is 6. The SMILES string of the molecule is COc1ccc(NC(=O)C(C)N2CCCC(c3ncc[nH]3)C2)cc1OC. The number of anilines is 1. The molecule has 2 N–H and O–H groups in total. The predicted molar refractivity (Wildman–Crippen MR) is 99.8 cm³/mol. The van der Waals surface area contributed by atoms with Crippen LogP contribution in [0, 0.1) is 0 Å². The molecule has 3 rings (SSSR count). The van der Waals surface area contributed by atoms with Gasteiger partial charge in [0.15, 0.2) is 11.5 Å². The van der Waals surface area contributed by atoms with E-state index in [9.17, 15) is 4.79 Å². The molecule has 2 aromatic rings. The number of ether oxygens (including phenoxy) is 2. The smallest absolute Gasteiger partial charge is 0.241 e. The van der Waals surface area contributed by atoms with E-state index in [0.717, 1.165) is 31.8 Å². The summed E-state index contributed by atoms with van der Waals surface area (Å²) in [6.07, 6.45) is 5.77. The van der Waals surface area contributed by atoms with E-state index in [0.29, 0.717) is 23.1 Å². The Bertz CT molecular complexity index is 732. The summed E-state index contributed by atoms with van der Waals surface area (Å²) in [5.41, 5.74) is 0.694. The van der Waals surface area contributed by atoms with Gasteiger partial charge in [-0.25, -0.2) is 4.98 Å². The van der Waals surface area contributed by atoms with E-state index in [1.54, 1.807) is 32.5 Å². The van der Waals surface area contributed by atoms with Crippen LogP contribution in [0.1, 0.15) is 31.5 Å². The van der Waals surface area contributed by atoms with Crippen LogP contribution in [-0.2, 0) is 4.79 Å². The van der Waals surface area contributed by atoms with Crippen LogP contribution in [0.3, 0.4) is 0 Å². The van der Waals surface area contributed by atoms with Crippen LogP contribution >= 0.6 is 0 Å². The fraction of sp³-hybridized carbons (Fsp3) is 0.474. The molecular formula is C19H26N4O3. The average molecular weight is 358 g/mol. The minimum atomic E-state index is -0.221. The molecule has 1 saturated heterocycles. The first kappa shape index (κ1) is 18.3. The van der Waals surface area contributed by atoms with Crippen LogP contribution < -0.4 is 14.8 Å². The van der Waals surface area contributed by atoms with E-state index in [2.05, 4.69) is 20.2 Å². The minimum absolute atomic E-state index is 0.0303. The molecule has 2 unspecified atom stereocenters. The molecule has 0 radical (unpaired) electrons. The van der Waals surface area contributed by atoms with Crippen molar-refractivity contribution in [3.63, 3.8) is 0 Å². The number of nitrogens with zero attached hydrogens (tertiary/aromatic N) is 2. The summed E-state index contributed by atoms with van der Waals surface area (Å²) < 4.78 is 10.5. The first-order valence-corrected chi connectivity index (χ1v) is 8.88. The number of benzene rings is 1. The van der Waals surface area contributed by atoms with Crippen LogP contribution in [0.5, 0.6) is 11.5 Å². The Morgan fingerprint density at radius 1 is 1.35 bits per heavy atom. The Morgan fingerprint density at radius 2 is 2.15 bits per heavy atom. The van der Waals surface area contributed by atoms with Gasteiger partial charge < -0.3 is 19.8 Å². The zero-order valence-electron chi connectivity index (χ0n) is 15.5. The Kier molecular flexibility index (Phi) is 5.78. The number of aromatic nitrogens is 2. The second kappa shape index (κ2) is 8.23. The van der Waals surface area contributed by atoms with E-state index >= 15 is 0 Å². The van der Waals surface area contributed by atoms with Gasteiger partial charge >= 0.3 is 0 Å². The highest BCUT2D eigenvalue weighted by atomic mass is 16.5. The van der Waals surface area contributed by atoms with Crippen molar-refractivity contribution in [1.82, 2.24) is 14.9 Å². The largest absolute Gasteiger partial charge is 0.493 e. The number of methoxy groups -OCH3 is 2. The van der Waals surface area contributed by atoms with E-state index in [4.69, 9.17) is 9.47 Å². The van der Waals surface area contributed by atoms with Gasteiger partial charge in [0.2, 0.25) is 5.91 Å². The third kappa shape index (κ3) is 3.99. The number of imidazole rings is 1. The van der Waals surface area contributed by atoms with E-state index in [1.807, 2.05) is 19.2 Å². The molecule has 2 heterocycles. The molecule has 1 aromatic heterocycles. The third-order valence-corrected chi connectivity index (χ3v) is 4.94. The summed E-state index contributed by atoms with van der Waals surface area (Å²) in [6, 6.07) is 5.15. The Labute approximate surface area is 153 Å². The Balaban J connectivity index is 1.64. The second-order valence-corrected chi connectivity index (χ2v) is 6.54. The summed E-state index contributed by atoms with van der Waals surface area (Å²) in [7, 11) is 3.17. The standard InChI is InChI=1S/C19H26N4O3/c1-13(23-10-4-5-14(12-23)18-20-8-9-21-18)19(24)22-15-6-7-16(25-2)17(11-15)26-3/h6-9,11,13-14H,4-5,10,12H2,1-3H3,(H,20,21)(H,22,24). The van der Waals surface area contributed by atoms with Gasteiger partial charge in [-0.1, -0.05) is 0 Å². The Morgan fingerprint density at radius 3 is 2.85 bits per heavy atom. The molecule has 7 heteroatoms. The Hall–Kier alpha value is -2.54. The molecule has 1 amide bonds. The maximum absolute atomic E-state index is 12.7. The van der Waals surface area contributed by atoms with Gasteiger partial charge in [-0.15, -0.1) is 0 Å². The summed E-state index contributed by atoms with van der Waals surface area (Å²) in [6.45, 7) is 3.69. The summed E-state index contributed by atoms with van der Waals surface area (Å²) in [5, 5.41) is 2.98. The number of hydrogen-bond acceptors (Lipinski definition) is 5. The number of carbonyl (C=O) groups is 1. The molecule has 1 aliphatic heterocycles. The number of nitrogens with one attached hydrogen (secondary N) is 2. The summed E-state index contributed by atoms with van der Waals surface area (Å²) >= 11 is 0. The van der Waals surface area contributed by atoms with E-state index in [1.165, 1.54) is 0 Å². The normalized spacial score (nSPS) is 19.0. The number of aromatic amines is 1. The second-order valence-electron chi connectivity index (χ2n) is 6.54. The summed E-state index contributed by atoms with van der Waals surface area (Å²) in [5.74, 6) is 2.54. The van der Waals surface area contributed by atoms with Gasteiger partial charge in [-0.3, -0.25) is 9.69 Å². The number of likely N-dealkylation sites (tertiary alicyclic amines) is 1. The number of piperidine rings is 1. The average Bonchev–Trinajstić information content (AvgIpc) is 3.22. The molecule has 0 aliphatic carbocycles. The highest BCUT2D eigenvalue weighted by Gasteiger charge is 2.29. The number of H-pyrrole nitrogens is 1. The maximum Gasteiger partial charge on any atom is 0.241 e. The van der Waals surface area contributed by atoms with E-state index in [-0.39, 0.29) is 11.9 Å². The lowest BCUT2D eigenvalue weighted by atomic mass is 9.96. The van der Waals surface area contributed by atoms with Crippen LogP contribution in [-0.4, -0.2) is 54.1 Å². The quantitative estimate of drug-likeness (QED) is 0.830. The molecule has 26 heavy (non-hydrogen) atoms. The van der Waals surface area contributed by atoms with Gasteiger partial charge in [-0.05, 0) is 38.4 Å². The highest BCUT2D eigenvalue weighted by Crippen LogP contribution is 2.30. The van der Waals surface area contributed by atoms with Gasteiger partial charge in [-0.2, -0.15) is 0 Å². The lowest BCUT2D eigenvalue weighted by Gasteiger charge is -2.35. The monoisotopic (exact) mass is 358 g/mol. The van der Waals surface area contributed by atoms with Gasteiger partial charge in [0.25, 0.3) is 0 Å². The molecule has 7 nitrogen and oxygen atoms in total. The maximum atomic E-state index is 12.7. The molecule has 2 atom stereocenters. The summed E-state index contributed by atoms with van der Waals surface area (Å²) in [4.78, 5) is 22.5. The molecule has 1 fully saturated rings. The van der Waals surface area contributed by atoms with Crippen molar-refractivity contribution < 1.29 is 14.3 Å². The van der Waals surface area contributed by atoms with Gasteiger partial charge in [0.1, 0.15) is 5.82 Å². The lowest BCUT2D eigenvalue weighted by molar-refractivity contribution is -0.121. The number of carbonyl (C=O) groups excluding carboxylic acids is 1. The molecule has 1 aliphatic rings. The molecule has 0 bridgehead atoms. The van der Waals surface area contributed by atoms with Crippen molar-refractivity contribution in [1.29, 1.82) is 0 Å². The van der Waals surface area contributed by atoms with Crippen LogP contribution in [0.4, 0.5) is 5.69 Å². The van der Waals surface area contributed by atoms with Gasteiger partial charge in [0, 0.05) is 36.6 Å². The van der Waals surface area contributed by atoms with Crippen molar-refractivity contribution in [2.24, 2.45) is 0 Å². The van der Waals surface area contributed by atoms with Crippen LogP contribution in [0.25, 0.3) is 0 Å². The first-order valence-electron chi connectivity index (χ1n) is 8.88. The molecule has 140 valence electrons. The topological polar surface area (TPSA) is 79.5 Å². The highest BCUT2D eigenvalue weighted by molar-refractivity contribution is 5.94. The van der Waals surface area contributed by atoms with Crippen molar-refractivity contribution in [3.05, 3.63) is 36.4 Å². The van der Waals surface area contributed by atoms with Crippen molar-refractivity contribution in [3.8, 4) is 11.5 Å².